The Balaban J connectivity index is 2.24. The van der Waals surface area contributed by atoms with Crippen LogP contribution >= 0.6 is 0 Å². The molecule has 1 aliphatic rings. The van der Waals surface area contributed by atoms with Crippen LogP contribution in [-0.4, -0.2) is 36.1 Å². The van der Waals surface area contributed by atoms with E-state index in [0.29, 0.717) is 13.2 Å². The van der Waals surface area contributed by atoms with Gasteiger partial charge >= 0.3 is 6.18 Å². The molecule has 0 radical (unpaired) electrons. The molecular formula is C14H16F3NO2. The van der Waals surface area contributed by atoms with Gasteiger partial charge in [-0.2, -0.15) is 13.2 Å². The summed E-state index contributed by atoms with van der Waals surface area (Å²) in [4.78, 5) is 13.9. The molecule has 1 heterocycles. The summed E-state index contributed by atoms with van der Waals surface area (Å²) in [5.74, 6) is -0.390. The van der Waals surface area contributed by atoms with Crippen molar-refractivity contribution in [1.29, 1.82) is 0 Å². The van der Waals surface area contributed by atoms with Crippen LogP contribution in [0.25, 0.3) is 0 Å². The predicted molar refractivity (Wildman–Crippen MR) is 67.4 cm³/mol. The summed E-state index contributed by atoms with van der Waals surface area (Å²) in [5, 5.41) is 0. The van der Waals surface area contributed by atoms with Crippen molar-refractivity contribution in [2.45, 2.75) is 32.2 Å². The zero-order chi connectivity index (χ0) is 14.9. The largest absolute Gasteiger partial charge is 0.416 e. The number of carbonyl (C=O) groups excluding carboxylic acids is 1. The summed E-state index contributed by atoms with van der Waals surface area (Å²) in [6.07, 6.45) is -4.55. The van der Waals surface area contributed by atoms with E-state index in [2.05, 4.69) is 0 Å². The highest BCUT2D eigenvalue weighted by atomic mass is 19.4. The standard InChI is InChI=1S/C14H16F3NO2/c1-9-8-20-10(2)7-18(9)13(19)11-4-3-5-12(6-11)14(15,16)17/h3-6,9-10H,7-8H2,1-2H3/t9-,10-/m0/s1. The summed E-state index contributed by atoms with van der Waals surface area (Å²) >= 11 is 0. The van der Waals surface area contributed by atoms with E-state index in [0.717, 1.165) is 12.1 Å². The van der Waals surface area contributed by atoms with Crippen molar-refractivity contribution in [3.63, 3.8) is 0 Å². The van der Waals surface area contributed by atoms with Crippen LogP contribution in [0.4, 0.5) is 13.2 Å². The second-order valence-corrected chi connectivity index (χ2v) is 5.03. The fraction of sp³-hybridized carbons (Fsp3) is 0.500. The molecular weight excluding hydrogens is 271 g/mol. The quantitative estimate of drug-likeness (QED) is 0.794. The maximum Gasteiger partial charge on any atom is 0.416 e. The van der Waals surface area contributed by atoms with E-state index in [1.807, 2.05) is 13.8 Å². The molecule has 1 saturated heterocycles. The Bertz CT molecular complexity index is 501. The fourth-order valence-corrected chi connectivity index (χ4v) is 2.18. The second-order valence-electron chi connectivity index (χ2n) is 5.03. The van der Waals surface area contributed by atoms with Crippen LogP contribution in [0.15, 0.2) is 24.3 Å². The third-order valence-corrected chi connectivity index (χ3v) is 3.31. The van der Waals surface area contributed by atoms with E-state index in [1.165, 1.54) is 12.1 Å². The maximum atomic E-state index is 12.7. The van der Waals surface area contributed by atoms with Crippen molar-refractivity contribution < 1.29 is 22.7 Å². The Morgan fingerprint density at radius 2 is 2.05 bits per heavy atom. The third-order valence-electron chi connectivity index (χ3n) is 3.31. The molecule has 1 fully saturated rings. The number of ether oxygens (including phenoxy) is 1. The lowest BCUT2D eigenvalue weighted by molar-refractivity contribution is -0.137. The minimum absolute atomic E-state index is 0.0563. The molecule has 20 heavy (non-hydrogen) atoms. The van der Waals surface area contributed by atoms with E-state index in [4.69, 9.17) is 4.74 Å². The minimum Gasteiger partial charge on any atom is -0.375 e. The average molecular weight is 287 g/mol. The first-order chi connectivity index (χ1) is 9.29. The highest BCUT2D eigenvalue weighted by Gasteiger charge is 2.33. The Morgan fingerprint density at radius 1 is 1.35 bits per heavy atom. The van der Waals surface area contributed by atoms with Crippen molar-refractivity contribution in [3.05, 3.63) is 35.4 Å². The first-order valence-corrected chi connectivity index (χ1v) is 6.39. The minimum atomic E-state index is -4.44. The van der Waals surface area contributed by atoms with Crippen LogP contribution in [-0.2, 0) is 10.9 Å². The molecule has 6 heteroatoms. The number of carbonyl (C=O) groups is 1. The van der Waals surface area contributed by atoms with Crippen molar-refractivity contribution in [3.8, 4) is 0 Å². The third kappa shape index (κ3) is 3.12. The Kier molecular flexibility index (Phi) is 4.04. The van der Waals surface area contributed by atoms with E-state index in [9.17, 15) is 18.0 Å². The van der Waals surface area contributed by atoms with Crippen LogP contribution in [0.5, 0.6) is 0 Å². The normalized spacial score (nSPS) is 23.8. The van der Waals surface area contributed by atoms with Crippen LogP contribution < -0.4 is 0 Å². The lowest BCUT2D eigenvalue weighted by atomic mass is 10.1. The first kappa shape index (κ1) is 14.8. The number of alkyl halides is 3. The summed E-state index contributed by atoms with van der Waals surface area (Å²) in [5.41, 5.74) is -0.752. The van der Waals surface area contributed by atoms with E-state index < -0.39 is 17.6 Å². The Labute approximate surface area is 115 Å². The number of halogens is 3. The monoisotopic (exact) mass is 287 g/mol. The summed E-state index contributed by atoms with van der Waals surface area (Å²) in [6.45, 7) is 4.43. The van der Waals surface area contributed by atoms with Crippen LogP contribution in [0, 0.1) is 0 Å². The smallest absolute Gasteiger partial charge is 0.375 e. The van der Waals surface area contributed by atoms with E-state index in [-0.39, 0.29) is 17.7 Å². The van der Waals surface area contributed by atoms with Crippen molar-refractivity contribution in [2.75, 3.05) is 13.2 Å². The van der Waals surface area contributed by atoms with Crippen molar-refractivity contribution in [1.82, 2.24) is 4.90 Å². The summed E-state index contributed by atoms with van der Waals surface area (Å²) in [6, 6.07) is 4.38. The fourth-order valence-electron chi connectivity index (χ4n) is 2.18. The van der Waals surface area contributed by atoms with Gasteiger partial charge in [-0.15, -0.1) is 0 Å². The highest BCUT2D eigenvalue weighted by molar-refractivity contribution is 5.94. The molecule has 0 spiro atoms. The topological polar surface area (TPSA) is 29.5 Å². The van der Waals surface area contributed by atoms with Crippen LogP contribution in [0.3, 0.4) is 0 Å². The molecule has 1 aliphatic heterocycles. The highest BCUT2D eigenvalue weighted by Crippen LogP contribution is 2.30. The second kappa shape index (κ2) is 5.44. The number of nitrogens with zero attached hydrogens (tertiary/aromatic N) is 1. The van der Waals surface area contributed by atoms with Gasteiger partial charge in [-0.05, 0) is 32.0 Å². The summed E-state index contributed by atoms with van der Waals surface area (Å²) in [7, 11) is 0. The van der Waals surface area contributed by atoms with Crippen molar-refractivity contribution >= 4 is 5.91 Å². The number of morpholine rings is 1. The molecule has 0 unspecified atom stereocenters. The Hall–Kier alpha value is -1.56. The lowest BCUT2D eigenvalue weighted by Gasteiger charge is -2.36. The average Bonchev–Trinajstić information content (AvgIpc) is 2.40. The van der Waals surface area contributed by atoms with Gasteiger partial charge in [-0.25, -0.2) is 0 Å². The van der Waals surface area contributed by atoms with Gasteiger partial charge in [0.05, 0.1) is 24.3 Å². The number of amides is 1. The molecule has 1 amide bonds. The molecule has 0 saturated carbocycles. The molecule has 0 N–H and O–H groups in total. The van der Waals surface area contributed by atoms with Gasteiger partial charge in [0.2, 0.25) is 0 Å². The zero-order valence-corrected chi connectivity index (χ0v) is 11.3. The molecule has 0 bridgehead atoms. The van der Waals surface area contributed by atoms with Gasteiger partial charge in [-0.1, -0.05) is 6.07 Å². The van der Waals surface area contributed by atoms with E-state index in [1.54, 1.807) is 4.90 Å². The number of rotatable bonds is 1. The zero-order valence-electron chi connectivity index (χ0n) is 11.3. The van der Waals surface area contributed by atoms with Gasteiger partial charge in [0.15, 0.2) is 0 Å². The van der Waals surface area contributed by atoms with Crippen LogP contribution in [0.1, 0.15) is 29.8 Å². The van der Waals surface area contributed by atoms with Gasteiger partial charge < -0.3 is 9.64 Å². The Morgan fingerprint density at radius 3 is 2.70 bits per heavy atom. The van der Waals surface area contributed by atoms with Gasteiger partial charge in [0, 0.05) is 12.1 Å². The molecule has 1 aromatic rings. The maximum absolute atomic E-state index is 12.7. The first-order valence-electron chi connectivity index (χ1n) is 6.39. The lowest BCUT2D eigenvalue weighted by Crippen LogP contribution is -2.50. The molecule has 2 rings (SSSR count). The molecule has 0 aromatic heterocycles. The van der Waals surface area contributed by atoms with Crippen molar-refractivity contribution in [2.24, 2.45) is 0 Å². The molecule has 110 valence electrons. The van der Waals surface area contributed by atoms with Crippen LogP contribution in [0.2, 0.25) is 0 Å². The van der Waals surface area contributed by atoms with Gasteiger partial charge in [0.25, 0.3) is 5.91 Å². The van der Waals surface area contributed by atoms with E-state index >= 15 is 0 Å². The number of benzene rings is 1. The van der Waals surface area contributed by atoms with Gasteiger partial charge in [0.1, 0.15) is 0 Å². The predicted octanol–water partition coefficient (Wildman–Crippen LogP) is 2.95. The molecule has 2 atom stereocenters. The number of hydrogen-bond acceptors (Lipinski definition) is 2. The molecule has 3 nitrogen and oxygen atoms in total. The summed E-state index contributed by atoms with van der Waals surface area (Å²) < 4.78 is 43.4. The molecule has 1 aromatic carbocycles. The number of hydrogen-bond donors (Lipinski definition) is 0. The molecule has 0 aliphatic carbocycles. The van der Waals surface area contributed by atoms with Gasteiger partial charge in [-0.3, -0.25) is 4.79 Å². The SMILES string of the molecule is C[C@H]1CN(C(=O)c2cccc(C(F)(F)F)c2)[C@@H](C)CO1.